The topological polar surface area (TPSA) is 73.6 Å². The third-order valence-electron chi connectivity index (χ3n) is 5.47. The maximum absolute atomic E-state index is 12.6. The molecule has 6 nitrogen and oxygen atoms in total. The van der Waals surface area contributed by atoms with Gasteiger partial charge >= 0.3 is 5.97 Å². The molecule has 24 heavy (non-hydrogen) atoms. The summed E-state index contributed by atoms with van der Waals surface area (Å²) in [4.78, 5) is 28.2. The summed E-state index contributed by atoms with van der Waals surface area (Å²) in [6.45, 7) is 4.01. The van der Waals surface area contributed by atoms with Crippen LogP contribution < -0.4 is 0 Å². The Morgan fingerprint density at radius 1 is 1.25 bits per heavy atom. The second-order valence-corrected chi connectivity index (χ2v) is 6.96. The average molecular weight is 335 g/mol. The van der Waals surface area contributed by atoms with Crippen molar-refractivity contribution >= 4 is 11.9 Å². The van der Waals surface area contributed by atoms with Crippen LogP contribution in [0.15, 0.2) is 0 Å². The third-order valence-corrected chi connectivity index (χ3v) is 5.47. The number of ether oxygens (including phenoxy) is 1. The van der Waals surface area contributed by atoms with Crippen molar-refractivity contribution in [3.8, 4) is 6.07 Å². The summed E-state index contributed by atoms with van der Waals surface area (Å²) in [5.41, 5.74) is -0.626. The van der Waals surface area contributed by atoms with Crippen LogP contribution in [0.2, 0.25) is 0 Å². The van der Waals surface area contributed by atoms with E-state index in [-0.39, 0.29) is 17.8 Å². The van der Waals surface area contributed by atoms with Gasteiger partial charge in [-0.15, -0.1) is 0 Å². The van der Waals surface area contributed by atoms with Crippen molar-refractivity contribution < 1.29 is 14.3 Å². The Hall–Kier alpha value is -1.61. The first-order valence-corrected chi connectivity index (χ1v) is 9.09. The van der Waals surface area contributed by atoms with E-state index >= 15 is 0 Å². The number of likely N-dealkylation sites (N-methyl/N-ethyl adjacent to an activating group) is 1. The number of amides is 1. The number of nitriles is 1. The maximum atomic E-state index is 12.6. The second-order valence-electron chi connectivity index (χ2n) is 6.96. The van der Waals surface area contributed by atoms with Crippen LogP contribution in [0.3, 0.4) is 0 Å². The van der Waals surface area contributed by atoms with Crippen molar-refractivity contribution in [2.24, 2.45) is 5.92 Å². The molecule has 2 fully saturated rings. The highest BCUT2D eigenvalue weighted by molar-refractivity contribution is 5.79. The number of rotatable bonds is 5. The van der Waals surface area contributed by atoms with E-state index in [1.54, 1.807) is 11.9 Å². The zero-order chi connectivity index (χ0) is 17.6. The van der Waals surface area contributed by atoms with Gasteiger partial charge in [-0.05, 0) is 45.7 Å². The van der Waals surface area contributed by atoms with Gasteiger partial charge in [0.25, 0.3) is 0 Å². The van der Waals surface area contributed by atoms with Crippen LogP contribution in [0.5, 0.6) is 0 Å². The van der Waals surface area contributed by atoms with Crippen molar-refractivity contribution in [2.75, 3.05) is 33.3 Å². The van der Waals surface area contributed by atoms with Gasteiger partial charge in [-0.1, -0.05) is 19.3 Å². The fraction of sp³-hybridized carbons (Fsp3) is 0.833. The van der Waals surface area contributed by atoms with Crippen molar-refractivity contribution in [3.63, 3.8) is 0 Å². The summed E-state index contributed by atoms with van der Waals surface area (Å²) in [6.07, 6.45) is 6.19. The summed E-state index contributed by atoms with van der Waals surface area (Å²) in [7, 11) is 1.77. The normalized spacial score (nSPS) is 21.7. The van der Waals surface area contributed by atoms with Gasteiger partial charge in [-0.25, -0.2) is 0 Å². The van der Waals surface area contributed by atoms with E-state index in [4.69, 9.17) is 4.74 Å². The quantitative estimate of drug-likeness (QED) is 0.718. The van der Waals surface area contributed by atoms with Gasteiger partial charge in [0.15, 0.2) is 0 Å². The lowest BCUT2D eigenvalue weighted by Crippen LogP contribution is -2.53. The van der Waals surface area contributed by atoms with Crippen LogP contribution in [0.4, 0.5) is 0 Å². The maximum Gasteiger partial charge on any atom is 0.309 e. The molecular weight excluding hydrogens is 306 g/mol. The standard InChI is InChI=1S/C18H29N3O3/c1-3-24-17(23)15-7-11-21(12-8-15)13-16(22)20(2)18(14-19)9-5-4-6-10-18/h15H,3-13H2,1-2H3. The summed E-state index contributed by atoms with van der Waals surface area (Å²) in [5, 5.41) is 9.60. The number of hydrogen-bond acceptors (Lipinski definition) is 5. The number of hydrogen-bond donors (Lipinski definition) is 0. The Morgan fingerprint density at radius 2 is 1.88 bits per heavy atom. The van der Waals surface area contributed by atoms with Gasteiger partial charge < -0.3 is 9.64 Å². The lowest BCUT2D eigenvalue weighted by molar-refractivity contribution is -0.149. The molecule has 0 aromatic heterocycles. The summed E-state index contributed by atoms with van der Waals surface area (Å²) in [6, 6.07) is 2.40. The molecule has 1 aliphatic carbocycles. The van der Waals surface area contributed by atoms with Crippen LogP contribution in [0.25, 0.3) is 0 Å². The first-order valence-electron chi connectivity index (χ1n) is 9.09. The van der Waals surface area contributed by atoms with E-state index in [9.17, 15) is 14.9 Å². The zero-order valence-corrected chi connectivity index (χ0v) is 14.9. The molecule has 2 rings (SSSR count). The second kappa shape index (κ2) is 8.48. The predicted octanol–water partition coefficient (Wildman–Crippen LogP) is 1.95. The van der Waals surface area contributed by atoms with Crippen molar-refractivity contribution in [3.05, 3.63) is 0 Å². The van der Waals surface area contributed by atoms with Crippen LogP contribution >= 0.6 is 0 Å². The molecule has 0 bridgehead atoms. The molecule has 1 saturated carbocycles. The zero-order valence-electron chi connectivity index (χ0n) is 14.9. The number of esters is 1. The molecule has 0 aromatic rings. The molecule has 0 spiro atoms. The Balaban J connectivity index is 1.85. The minimum absolute atomic E-state index is 0.00744. The van der Waals surface area contributed by atoms with Gasteiger partial charge in [0.05, 0.1) is 25.1 Å². The largest absolute Gasteiger partial charge is 0.466 e. The van der Waals surface area contributed by atoms with Crippen LogP contribution in [-0.2, 0) is 14.3 Å². The minimum Gasteiger partial charge on any atom is -0.466 e. The fourth-order valence-corrected chi connectivity index (χ4v) is 3.78. The molecule has 0 aromatic carbocycles. The number of carbonyl (C=O) groups is 2. The van der Waals surface area contributed by atoms with Gasteiger partial charge in [0, 0.05) is 7.05 Å². The smallest absolute Gasteiger partial charge is 0.309 e. The van der Waals surface area contributed by atoms with Crippen molar-refractivity contribution in [1.82, 2.24) is 9.80 Å². The number of piperidine rings is 1. The molecule has 1 amide bonds. The van der Waals surface area contributed by atoms with E-state index < -0.39 is 5.54 Å². The van der Waals surface area contributed by atoms with Gasteiger partial charge in [-0.2, -0.15) is 5.26 Å². The first-order chi connectivity index (χ1) is 11.5. The van der Waals surface area contributed by atoms with Crippen LogP contribution in [0, 0.1) is 17.2 Å². The van der Waals surface area contributed by atoms with Crippen molar-refractivity contribution in [2.45, 2.75) is 57.4 Å². The predicted molar refractivity (Wildman–Crippen MR) is 90.0 cm³/mol. The molecular formula is C18H29N3O3. The third kappa shape index (κ3) is 4.27. The molecule has 134 valence electrons. The molecule has 0 atom stereocenters. The highest BCUT2D eigenvalue weighted by Gasteiger charge is 2.39. The van der Waals surface area contributed by atoms with E-state index in [0.29, 0.717) is 13.2 Å². The number of likely N-dealkylation sites (tertiary alicyclic amines) is 1. The summed E-state index contributed by atoms with van der Waals surface area (Å²) in [5.74, 6) is -0.155. The van der Waals surface area contributed by atoms with E-state index in [0.717, 1.165) is 58.0 Å². The Labute approximate surface area is 144 Å². The number of carbonyl (C=O) groups excluding carboxylic acids is 2. The van der Waals surface area contributed by atoms with E-state index in [2.05, 4.69) is 11.0 Å². The monoisotopic (exact) mass is 335 g/mol. The Bertz CT molecular complexity index is 486. The van der Waals surface area contributed by atoms with Crippen molar-refractivity contribution in [1.29, 1.82) is 5.26 Å². The van der Waals surface area contributed by atoms with Crippen LogP contribution in [-0.4, -0.2) is 60.5 Å². The molecule has 0 unspecified atom stereocenters. The highest BCUT2D eigenvalue weighted by Crippen LogP contribution is 2.32. The van der Waals surface area contributed by atoms with Gasteiger partial charge in [-0.3, -0.25) is 14.5 Å². The Morgan fingerprint density at radius 3 is 2.42 bits per heavy atom. The van der Waals surface area contributed by atoms with Gasteiger partial charge in [0.2, 0.25) is 5.91 Å². The minimum atomic E-state index is -0.626. The van der Waals surface area contributed by atoms with Gasteiger partial charge in [0.1, 0.15) is 5.54 Å². The average Bonchev–Trinajstić information content (AvgIpc) is 2.62. The molecule has 6 heteroatoms. The molecule has 0 N–H and O–H groups in total. The molecule has 2 aliphatic rings. The Kier molecular flexibility index (Phi) is 6.61. The molecule has 0 radical (unpaired) electrons. The van der Waals surface area contributed by atoms with Crippen LogP contribution in [0.1, 0.15) is 51.9 Å². The summed E-state index contributed by atoms with van der Waals surface area (Å²) >= 11 is 0. The number of nitrogens with zero attached hydrogens (tertiary/aromatic N) is 3. The van der Waals surface area contributed by atoms with E-state index in [1.807, 2.05) is 6.92 Å². The molecule has 1 aliphatic heterocycles. The molecule has 1 saturated heterocycles. The highest BCUT2D eigenvalue weighted by atomic mass is 16.5. The molecule has 1 heterocycles. The fourth-order valence-electron chi connectivity index (χ4n) is 3.78. The lowest BCUT2D eigenvalue weighted by Gasteiger charge is -2.40. The SMILES string of the molecule is CCOC(=O)C1CCN(CC(=O)N(C)C2(C#N)CCCCC2)CC1. The summed E-state index contributed by atoms with van der Waals surface area (Å²) < 4.78 is 5.07. The lowest BCUT2D eigenvalue weighted by atomic mass is 9.81. The van der Waals surface area contributed by atoms with E-state index in [1.165, 1.54) is 0 Å². The first kappa shape index (κ1) is 18.7.